The zero-order valence-electron chi connectivity index (χ0n) is 14.1. The molecule has 0 unspecified atom stereocenters. The number of ether oxygens (including phenoxy) is 1. The number of rotatable bonds is 8. The normalized spacial score (nSPS) is 11.9. The third-order valence-corrected chi connectivity index (χ3v) is 3.35. The molecular formula is C18H21F3N4O. The molecule has 0 saturated heterocycles. The van der Waals surface area contributed by atoms with Crippen molar-refractivity contribution in [2.24, 2.45) is 10.7 Å². The molecule has 0 radical (unpaired) electrons. The Balaban J connectivity index is 1.66. The highest BCUT2D eigenvalue weighted by atomic mass is 19.4. The van der Waals surface area contributed by atoms with Crippen molar-refractivity contribution < 1.29 is 17.9 Å². The van der Waals surface area contributed by atoms with Gasteiger partial charge in [0.2, 0.25) is 0 Å². The van der Waals surface area contributed by atoms with E-state index in [9.17, 15) is 13.2 Å². The molecule has 0 aliphatic carbocycles. The molecule has 0 amide bonds. The second-order valence-corrected chi connectivity index (χ2v) is 5.47. The van der Waals surface area contributed by atoms with Crippen molar-refractivity contribution in [3.05, 3.63) is 60.2 Å². The van der Waals surface area contributed by atoms with Gasteiger partial charge in [0.05, 0.1) is 6.54 Å². The summed E-state index contributed by atoms with van der Waals surface area (Å²) in [5.74, 6) is 0.0302. The first kappa shape index (κ1) is 19.4. The SMILES string of the molecule is NC(=NCc1ccc(OC(F)(F)F)cc1)NCCCNc1ccccc1. The topological polar surface area (TPSA) is 71.7 Å². The second-order valence-electron chi connectivity index (χ2n) is 5.47. The summed E-state index contributed by atoms with van der Waals surface area (Å²) in [5.41, 5.74) is 7.57. The maximum atomic E-state index is 12.1. The molecule has 4 N–H and O–H groups in total. The van der Waals surface area contributed by atoms with Crippen LogP contribution in [0.1, 0.15) is 12.0 Å². The summed E-state index contributed by atoms with van der Waals surface area (Å²) in [5, 5.41) is 6.28. The highest BCUT2D eigenvalue weighted by Gasteiger charge is 2.30. The van der Waals surface area contributed by atoms with Crippen molar-refractivity contribution in [2.45, 2.75) is 19.3 Å². The van der Waals surface area contributed by atoms with E-state index in [2.05, 4.69) is 20.4 Å². The van der Waals surface area contributed by atoms with Gasteiger partial charge in [-0.05, 0) is 36.2 Å². The van der Waals surface area contributed by atoms with Gasteiger partial charge in [-0.25, -0.2) is 4.99 Å². The number of anilines is 1. The van der Waals surface area contributed by atoms with Crippen LogP contribution in [0, 0.1) is 0 Å². The highest BCUT2D eigenvalue weighted by molar-refractivity contribution is 5.77. The minimum absolute atomic E-state index is 0.262. The summed E-state index contributed by atoms with van der Waals surface area (Å²) >= 11 is 0. The van der Waals surface area contributed by atoms with Crippen LogP contribution in [0.25, 0.3) is 0 Å². The van der Waals surface area contributed by atoms with E-state index in [-0.39, 0.29) is 12.3 Å². The molecule has 2 aromatic carbocycles. The van der Waals surface area contributed by atoms with Gasteiger partial charge in [-0.15, -0.1) is 13.2 Å². The molecule has 0 saturated carbocycles. The average Bonchev–Trinajstić information content (AvgIpc) is 2.60. The van der Waals surface area contributed by atoms with E-state index in [0.29, 0.717) is 12.5 Å². The molecule has 5 nitrogen and oxygen atoms in total. The van der Waals surface area contributed by atoms with Crippen LogP contribution in [0.15, 0.2) is 59.6 Å². The van der Waals surface area contributed by atoms with Gasteiger partial charge in [0.25, 0.3) is 0 Å². The Morgan fingerprint density at radius 1 is 1.00 bits per heavy atom. The summed E-state index contributed by atoms with van der Waals surface area (Å²) in [4.78, 5) is 4.15. The summed E-state index contributed by atoms with van der Waals surface area (Å²) in [6.45, 7) is 1.73. The van der Waals surface area contributed by atoms with Crippen LogP contribution in [0.2, 0.25) is 0 Å². The first-order valence-corrected chi connectivity index (χ1v) is 8.10. The number of hydrogen-bond acceptors (Lipinski definition) is 3. The number of para-hydroxylation sites is 1. The molecule has 0 heterocycles. The predicted molar refractivity (Wildman–Crippen MR) is 96.0 cm³/mol. The summed E-state index contributed by atoms with van der Waals surface area (Å²) in [7, 11) is 0. The molecule has 0 aliphatic rings. The Morgan fingerprint density at radius 2 is 1.69 bits per heavy atom. The van der Waals surface area contributed by atoms with E-state index in [1.54, 1.807) is 0 Å². The minimum Gasteiger partial charge on any atom is -0.406 e. The van der Waals surface area contributed by atoms with Gasteiger partial charge in [-0.1, -0.05) is 30.3 Å². The number of alkyl halides is 3. The van der Waals surface area contributed by atoms with Crippen LogP contribution in [-0.2, 0) is 6.54 Å². The number of nitrogens with zero attached hydrogens (tertiary/aromatic N) is 1. The fraction of sp³-hybridized carbons (Fsp3) is 0.278. The average molecular weight is 366 g/mol. The van der Waals surface area contributed by atoms with E-state index in [1.165, 1.54) is 24.3 Å². The maximum absolute atomic E-state index is 12.1. The summed E-state index contributed by atoms with van der Waals surface area (Å²) in [6, 6.07) is 15.4. The Hall–Kier alpha value is -2.90. The summed E-state index contributed by atoms with van der Waals surface area (Å²) in [6.07, 6.45) is -3.84. The summed E-state index contributed by atoms with van der Waals surface area (Å²) < 4.78 is 40.1. The Morgan fingerprint density at radius 3 is 2.35 bits per heavy atom. The smallest absolute Gasteiger partial charge is 0.406 e. The number of nitrogens with one attached hydrogen (secondary N) is 2. The lowest BCUT2D eigenvalue weighted by molar-refractivity contribution is -0.274. The molecule has 0 bridgehead atoms. The molecule has 0 aliphatic heterocycles. The molecule has 0 spiro atoms. The molecule has 26 heavy (non-hydrogen) atoms. The predicted octanol–water partition coefficient (Wildman–Crippen LogP) is 3.49. The fourth-order valence-electron chi connectivity index (χ4n) is 2.12. The Bertz CT molecular complexity index is 688. The lowest BCUT2D eigenvalue weighted by Gasteiger charge is -2.09. The van der Waals surface area contributed by atoms with Gasteiger partial charge in [0.1, 0.15) is 5.75 Å². The van der Waals surface area contributed by atoms with Crippen molar-refractivity contribution in [3.8, 4) is 5.75 Å². The van der Waals surface area contributed by atoms with Crippen LogP contribution >= 0.6 is 0 Å². The largest absolute Gasteiger partial charge is 0.573 e. The standard InChI is InChI=1S/C18H21F3N4O/c19-18(20,21)26-16-9-7-14(8-10-16)13-25-17(22)24-12-4-11-23-15-5-2-1-3-6-15/h1-3,5-10,23H,4,11-13H2,(H3,22,24,25). The number of aliphatic imine (C=N–C) groups is 1. The molecule has 0 fully saturated rings. The van der Waals surface area contributed by atoms with Crippen molar-refractivity contribution in [3.63, 3.8) is 0 Å². The molecule has 8 heteroatoms. The molecule has 2 aromatic rings. The van der Waals surface area contributed by atoms with Gasteiger partial charge in [-0.2, -0.15) is 0 Å². The number of halogens is 3. The first-order chi connectivity index (χ1) is 12.4. The van der Waals surface area contributed by atoms with Crippen LogP contribution in [0.5, 0.6) is 5.75 Å². The van der Waals surface area contributed by atoms with E-state index < -0.39 is 6.36 Å². The minimum atomic E-state index is -4.69. The monoisotopic (exact) mass is 366 g/mol. The zero-order valence-corrected chi connectivity index (χ0v) is 14.1. The van der Waals surface area contributed by atoms with Gasteiger partial charge in [0.15, 0.2) is 5.96 Å². The highest BCUT2D eigenvalue weighted by Crippen LogP contribution is 2.22. The number of hydrogen-bond donors (Lipinski definition) is 3. The van der Waals surface area contributed by atoms with E-state index >= 15 is 0 Å². The molecule has 0 atom stereocenters. The van der Waals surface area contributed by atoms with E-state index in [0.717, 1.165) is 24.2 Å². The number of nitrogens with two attached hydrogens (primary N) is 1. The third kappa shape index (κ3) is 7.78. The van der Waals surface area contributed by atoms with Crippen molar-refractivity contribution in [1.29, 1.82) is 0 Å². The van der Waals surface area contributed by atoms with E-state index in [4.69, 9.17) is 5.73 Å². The Labute approximate surface area is 150 Å². The molecule has 2 rings (SSSR count). The maximum Gasteiger partial charge on any atom is 0.573 e. The number of benzene rings is 2. The van der Waals surface area contributed by atoms with Crippen molar-refractivity contribution in [1.82, 2.24) is 5.32 Å². The van der Waals surface area contributed by atoms with Crippen molar-refractivity contribution >= 4 is 11.6 Å². The van der Waals surface area contributed by atoms with Gasteiger partial charge in [-0.3, -0.25) is 0 Å². The lowest BCUT2D eigenvalue weighted by atomic mass is 10.2. The van der Waals surface area contributed by atoms with Crippen molar-refractivity contribution in [2.75, 3.05) is 18.4 Å². The molecular weight excluding hydrogens is 345 g/mol. The van der Waals surface area contributed by atoms with Crippen LogP contribution < -0.4 is 21.1 Å². The van der Waals surface area contributed by atoms with Crippen LogP contribution in [0.3, 0.4) is 0 Å². The quantitative estimate of drug-likeness (QED) is 0.380. The van der Waals surface area contributed by atoms with Crippen LogP contribution in [0.4, 0.5) is 18.9 Å². The Kier molecular flexibility index (Phi) is 7.13. The zero-order chi connectivity index (χ0) is 18.8. The first-order valence-electron chi connectivity index (χ1n) is 8.10. The molecule has 0 aromatic heterocycles. The van der Waals surface area contributed by atoms with Gasteiger partial charge < -0.3 is 21.1 Å². The number of guanidine groups is 1. The lowest BCUT2D eigenvalue weighted by Crippen LogP contribution is -2.33. The van der Waals surface area contributed by atoms with E-state index in [1.807, 2.05) is 30.3 Å². The molecule has 140 valence electrons. The van der Waals surface area contributed by atoms with Crippen LogP contribution in [-0.4, -0.2) is 25.4 Å². The fourth-order valence-corrected chi connectivity index (χ4v) is 2.12. The second kappa shape index (κ2) is 9.55. The van der Waals surface area contributed by atoms with Gasteiger partial charge in [0, 0.05) is 18.8 Å². The van der Waals surface area contributed by atoms with Gasteiger partial charge >= 0.3 is 6.36 Å². The third-order valence-electron chi connectivity index (χ3n) is 3.35.